The van der Waals surface area contributed by atoms with E-state index in [1.165, 1.54) is 0 Å². The lowest BCUT2D eigenvalue weighted by Gasteiger charge is -2.22. The van der Waals surface area contributed by atoms with Crippen LogP contribution in [0.25, 0.3) is 0 Å². The molecule has 2 atom stereocenters. The average Bonchev–Trinajstić information content (AvgIpc) is 2.17. The molecule has 0 radical (unpaired) electrons. The van der Waals surface area contributed by atoms with E-state index in [1.807, 2.05) is 24.3 Å². The number of nitrogens with two attached hydrogens (primary N) is 1. The first-order valence-electron chi connectivity index (χ1n) is 4.44. The Morgan fingerprint density at radius 3 is 2.86 bits per heavy atom. The molecule has 1 amide bonds. The van der Waals surface area contributed by atoms with Gasteiger partial charge in [-0.2, -0.15) is 0 Å². The molecule has 0 aromatic heterocycles. The van der Waals surface area contributed by atoms with E-state index in [-0.39, 0.29) is 0 Å². The van der Waals surface area contributed by atoms with Gasteiger partial charge in [-0.05, 0) is 17.5 Å². The fourth-order valence-electron chi connectivity index (χ4n) is 1.77. The van der Waals surface area contributed by atoms with E-state index < -0.39 is 22.0 Å². The molecule has 1 aliphatic rings. The molecule has 1 aromatic carbocycles. The van der Waals surface area contributed by atoms with Crippen LogP contribution in [-0.4, -0.2) is 15.9 Å². The lowest BCUT2D eigenvalue weighted by atomic mass is 10.0. The summed E-state index contributed by atoms with van der Waals surface area (Å²) in [6.07, 6.45) is 0.770. The Morgan fingerprint density at radius 2 is 2.14 bits per heavy atom. The lowest BCUT2D eigenvalue weighted by molar-refractivity contribution is -0.117. The van der Waals surface area contributed by atoms with Gasteiger partial charge in [0.05, 0.1) is 0 Å². The van der Waals surface area contributed by atoms with Gasteiger partial charge in [0, 0.05) is 16.6 Å². The smallest absolute Gasteiger partial charge is 0.237 e. The van der Waals surface area contributed by atoms with Crippen molar-refractivity contribution in [2.24, 2.45) is 5.73 Å². The third-order valence-corrected chi connectivity index (χ3v) is 4.05. The Hall–Kier alpha value is -1.16. The molecule has 2 N–H and O–H groups in total. The first-order valence-corrected chi connectivity index (χ1v) is 5.82. The molecule has 74 valence electrons. The largest absolute Gasteiger partial charge is 0.368 e. The highest BCUT2D eigenvalue weighted by Crippen LogP contribution is 2.28. The fraction of sp³-hybridized carbons (Fsp3) is 0.300. The van der Waals surface area contributed by atoms with Gasteiger partial charge in [-0.25, -0.2) is 0 Å². The van der Waals surface area contributed by atoms with Crippen molar-refractivity contribution in [1.82, 2.24) is 0 Å². The van der Waals surface area contributed by atoms with Crippen LogP contribution in [0.2, 0.25) is 0 Å². The molecule has 14 heavy (non-hydrogen) atoms. The molecule has 3 nitrogen and oxygen atoms in total. The number of benzene rings is 1. The summed E-state index contributed by atoms with van der Waals surface area (Å²) in [5.41, 5.74) is 7.17. The molecule has 0 saturated heterocycles. The zero-order chi connectivity index (χ0) is 10.1. The molecule has 1 heterocycles. The topological polar surface area (TPSA) is 60.2 Å². The normalized spacial score (nSPS) is 25.4. The van der Waals surface area contributed by atoms with Crippen molar-refractivity contribution in [2.75, 3.05) is 5.75 Å². The highest BCUT2D eigenvalue weighted by molar-refractivity contribution is 7.86. The summed E-state index contributed by atoms with van der Waals surface area (Å²) in [7, 11) is -1.14. The van der Waals surface area contributed by atoms with E-state index in [4.69, 9.17) is 5.73 Å². The second-order valence-corrected chi connectivity index (χ2v) is 4.96. The van der Waals surface area contributed by atoms with Crippen molar-refractivity contribution in [3.05, 3.63) is 35.4 Å². The summed E-state index contributed by atoms with van der Waals surface area (Å²) < 4.78 is 11.6. The predicted molar refractivity (Wildman–Crippen MR) is 55.1 cm³/mol. The van der Waals surface area contributed by atoms with Crippen LogP contribution >= 0.6 is 0 Å². The predicted octanol–water partition coefficient (Wildman–Crippen LogP) is 0.518. The van der Waals surface area contributed by atoms with Crippen LogP contribution in [0.4, 0.5) is 0 Å². The Balaban J connectivity index is 2.51. The standard InChI is InChI=1S/C10H11NO2S/c11-10(12)9-8-4-2-1-3-7(8)5-6-14(9)13/h1-4,9H,5-6H2,(H2,11,12). The number of hydrogen-bond donors (Lipinski definition) is 1. The van der Waals surface area contributed by atoms with Crippen molar-refractivity contribution < 1.29 is 9.00 Å². The summed E-state index contributed by atoms with van der Waals surface area (Å²) in [5, 5.41) is -0.611. The summed E-state index contributed by atoms with van der Waals surface area (Å²) in [6.45, 7) is 0. The minimum atomic E-state index is -1.14. The van der Waals surface area contributed by atoms with Crippen LogP contribution in [0.3, 0.4) is 0 Å². The van der Waals surface area contributed by atoms with E-state index in [0.717, 1.165) is 17.5 Å². The zero-order valence-electron chi connectivity index (χ0n) is 7.60. The second-order valence-electron chi connectivity index (χ2n) is 3.32. The number of rotatable bonds is 1. The molecule has 4 heteroatoms. The van der Waals surface area contributed by atoms with Crippen molar-refractivity contribution in [3.8, 4) is 0 Å². The number of carbonyl (C=O) groups is 1. The molecule has 0 aliphatic carbocycles. The van der Waals surface area contributed by atoms with Crippen LogP contribution in [0.15, 0.2) is 24.3 Å². The Kier molecular flexibility index (Phi) is 2.37. The maximum Gasteiger partial charge on any atom is 0.237 e. The molecule has 0 spiro atoms. The van der Waals surface area contributed by atoms with Gasteiger partial charge in [-0.1, -0.05) is 24.3 Å². The number of aryl methyl sites for hydroxylation is 1. The number of fused-ring (bicyclic) bond motifs is 1. The number of primary amides is 1. The van der Waals surface area contributed by atoms with E-state index in [2.05, 4.69) is 0 Å². The quantitative estimate of drug-likeness (QED) is 0.733. The zero-order valence-corrected chi connectivity index (χ0v) is 8.42. The summed E-state index contributed by atoms with van der Waals surface area (Å²) in [6, 6.07) is 7.56. The Bertz CT molecular complexity index is 403. The second kappa shape index (κ2) is 3.53. The average molecular weight is 209 g/mol. The van der Waals surface area contributed by atoms with Gasteiger partial charge in [0.1, 0.15) is 5.25 Å². The summed E-state index contributed by atoms with van der Waals surface area (Å²) in [5.74, 6) is 0.0421. The van der Waals surface area contributed by atoms with Gasteiger partial charge in [0.25, 0.3) is 0 Å². The molecule has 1 aromatic rings. The molecular formula is C10H11NO2S. The van der Waals surface area contributed by atoms with E-state index >= 15 is 0 Å². The molecule has 1 aliphatic heterocycles. The van der Waals surface area contributed by atoms with Gasteiger partial charge in [-0.15, -0.1) is 0 Å². The van der Waals surface area contributed by atoms with E-state index in [0.29, 0.717) is 5.75 Å². The molecule has 0 fully saturated rings. The van der Waals surface area contributed by atoms with E-state index in [9.17, 15) is 9.00 Å². The molecule has 0 bridgehead atoms. The van der Waals surface area contributed by atoms with Crippen LogP contribution in [0.5, 0.6) is 0 Å². The van der Waals surface area contributed by atoms with Crippen molar-refractivity contribution >= 4 is 16.7 Å². The summed E-state index contributed by atoms with van der Waals surface area (Å²) >= 11 is 0. The minimum absolute atomic E-state index is 0.490. The molecule has 0 saturated carbocycles. The monoisotopic (exact) mass is 209 g/mol. The highest BCUT2D eigenvalue weighted by atomic mass is 32.2. The van der Waals surface area contributed by atoms with Gasteiger partial charge >= 0.3 is 0 Å². The first kappa shape index (κ1) is 9.40. The molecule has 2 rings (SSSR count). The van der Waals surface area contributed by atoms with Gasteiger partial charge in [0.2, 0.25) is 5.91 Å². The third-order valence-electron chi connectivity index (χ3n) is 2.43. The Labute approximate surface area is 84.8 Å². The maximum atomic E-state index is 11.6. The van der Waals surface area contributed by atoms with Crippen molar-refractivity contribution in [2.45, 2.75) is 11.7 Å². The van der Waals surface area contributed by atoms with Gasteiger partial charge in [0.15, 0.2) is 0 Å². The SMILES string of the molecule is NC(=O)C1c2ccccc2CCS1=O. The van der Waals surface area contributed by atoms with Crippen molar-refractivity contribution in [3.63, 3.8) is 0 Å². The third kappa shape index (κ3) is 1.46. The van der Waals surface area contributed by atoms with Crippen LogP contribution in [-0.2, 0) is 22.0 Å². The molecular weight excluding hydrogens is 198 g/mol. The maximum absolute atomic E-state index is 11.6. The van der Waals surface area contributed by atoms with Crippen LogP contribution < -0.4 is 5.73 Å². The fourth-order valence-corrected chi connectivity index (χ4v) is 3.20. The van der Waals surface area contributed by atoms with E-state index in [1.54, 1.807) is 0 Å². The minimum Gasteiger partial charge on any atom is -0.368 e. The Morgan fingerprint density at radius 1 is 1.43 bits per heavy atom. The summed E-state index contributed by atoms with van der Waals surface area (Å²) in [4.78, 5) is 11.2. The number of carbonyl (C=O) groups excluding carboxylic acids is 1. The highest BCUT2D eigenvalue weighted by Gasteiger charge is 2.30. The number of hydrogen-bond acceptors (Lipinski definition) is 2. The number of amides is 1. The lowest BCUT2D eigenvalue weighted by Crippen LogP contribution is -2.30. The van der Waals surface area contributed by atoms with Crippen LogP contribution in [0, 0.1) is 0 Å². The first-order chi connectivity index (χ1) is 6.70. The van der Waals surface area contributed by atoms with Crippen LogP contribution in [0.1, 0.15) is 16.4 Å². The molecule has 2 unspecified atom stereocenters. The van der Waals surface area contributed by atoms with Crippen molar-refractivity contribution in [1.29, 1.82) is 0 Å². The van der Waals surface area contributed by atoms with Gasteiger partial charge < -0.3 is 5.73 Å². The van der Waals surface area contributed by atoms with Gasteiger partial charge in [-0.3, -0.25) is 9.00 Å².